The molecule has 0 spiro atoms. The van der Waals surface area contributed by atoms with E-state index in [2.05, 4.69) is 10.6 Å². The standard InChI is InChI=1S/C22H18N2O4S/c25-20(24-22(29)23-18-9-5-8-17(13-18)21(26)27)16-7-4-6-15(12-16)14-28-19-10-2-1-3-11-19/h1-13H,14H2,(H,26,27)(H2,23,24,25,29)/p-1. The minimum Gasteiger partial charge on any atom is -0.545 e. The maximum atomic E-state index is 12.5. The number of ether oxygens (including phenoxy) is 1. The van der Waals surface area contributed by atoms with Gasteiger partial charge in [-0.05, 0) is 59.7 Å². The van der Waals surface area contributed by atoms with Crippen molar-refractivity contribution in [3.8, 4) is 5.75 Å². The molecule has 2 N–H and O–H groups in total. The monoisotopic (exact) mass is 405 g/mol. The van der Waals surface area contributed by atoms with E-state index < -0.39 is 5.97 Å². The number of thiocarbonyl (C=S) groups is 1. The second-order valence-corrected chi connectivity index (χ2v) is 6.49. The van der Waals surface area contributed by atoms with Crippen molar-refractivity contribution < 1.29 is 19.4 Å². The number of carboxylic acid groups (broad SMARTS) is 1. The van der Waals surface area contributed by atoms with E-state index in [9.17, 15) is 14.7 Å². The Morgan fingerprint density at radius 1 is 0.897 bits per heavy atom. The van der Waals surface area contributed by atoms with E-state index in [-0.39, 0.29) is 16.6 Å². The molecule has 0 bridgehead atoms. The van der Waals surface area contributed by atoms with Crippen molar-refractivity contribution >= 4 is 34.9 Å². The average molecular weight is 405 g/mol. The van der Waals surface area contributed by atoms with Crippen molar-refractivity contribution in [3.05, 3.63) is 95.6 Å². The van der Waals surface area contributed by atoms with Gasteiger partial charge >= 0.3 is 0 Å². The summed E-state index contributed by atoms with van der Waals surface area (Å²) in [6.45, 7) is 0.323. The highest BCUT2D eigenvalue weighted by atomic mass is 32.1. The van der Waals surface area contributed by atoms with Crippen LogP contribution in [0.25, 0.3) is 0 Å². The first-order valence-corrected chi connectivity index (χ1v) is 9.12. The molecule has 0 aliphatic rings. The van der Waals surface area contributed by atoms with Crippen LogP contribution in [0, 0.1) is 0 Å². The van der Waals surface area contributed by atoms with Crippen LogP contribution in [0.15, 0.2) is 78.9 Å². The van der Waals surface area contributed by atoms with Crippen LogP contribution in [0.5, 0.6) is 5.75 Å². The van der Waals surface area contributed by atoms with Gasteiger partial charge in [0.25, 0.3) is 5.91 Å². The van der Waals surface area contributed by atoms with Crippen LogP contribution >= 0.6 is 12.2 Å². The summed E-state index contributed by atoms with van der Waals surface area (Å²) in [4.78, 5) is 23.4. The molecule has 0 saturated heterocycles. The predicted octanol–water partition coefficient (Wildman–Crippen LogP) is 2.76. The normalized spacial score (nSPS) is 10.1. The summed E-state index contributed by atoms with van der Waals surface area (Å²) in [5.41, 5.74) is 1.70. The first kappa shape index (κ1) is 20.0. The molecule has 0 unspecified atom stereocenters. The molecule has 3 rings (SSSR count). The molecular weight excluding hydrogens is 388 g/mol. The SMILES string of the molecule is O=C([O-])c1cccc(NC(=S)NC(=O)c2cccc(COc3ccccc3)c2)c1. The lowest BCUT2D eigenvalue weighted by Crippen LogP contribution is -2.34. The van der Waals surface area contributed by atoms with E-state index in [1.807, 2.05) is 36.4 Å². The second kappa shape index (κ2) is 9.48. The molecule has 0 aliphatic heterocycles. The molecule has 29 heavy (non-hydrogen) atoms. The van der Waals surface area contributed by atoms with E-state index in [0.717, 1.165) is 11.3 Å². The van der Waals surface area contributed by atoms with Crippen LogP contribution in [0.2, 0.25) is 0 Å². The molecule has 0 atom stereocenters. The molecule has 0 aromatic heterocycles. The minimum absolute atomic E-state index is 0.00948. The van der Waals surface area contributed by atoms with Gasteiger partial charge in [0.15, 0.2) is 5.11 Å². The molecule has 0 fully saturated rings. The topological polar surface area (TPSA) is 90.5 Å². The molecule has 6 nitrogen and oxygen atoms in total. The number of para-hydroxylation sites is 1. The van der Waals surface area contributed by atoms with Crippen LogP contribution in [0.1, 0.15) is 26.3 Å². The van der Waals surface area contributed by atoms with Crippen LogP contribution in [0.4, 0.5) is 5.69 Å². The smallest absolute Gasteiger partial charge is 0.257 e. The van der Waals surface area contributed by atoms with Gasteiger partial charge in [0, 0.05) is 11.3 Å². The Morgan fingerprint density at radius 3 is 2.38 bits per heavy atom. The van der Waals surface area contributed by atoms with Gasteiger partial charge in [-0.3, -0.25) is 10.1 Å². The predicted molar refractivity (Wildman–Crippen MR) is 112 cm³/mol. The van der Waals surface area contributed by atoms with Crippen LogP contribution in [0.3, 0.4) is 0 Å². The zero-order valence-electron chi connectivity index (χ0n) is 15.3. The van der Waals surface area contributed by atoms with E-state index >= 15 is 0 Å². The van der Waals surface area contributed by atoms with E-state index in [4.69, 9.17) is 17.0 Å². The fraction of sp³-hybridized carbons (Fsp3) is 0.0455. The Kier molecular flexibility index (Phi) is 6.55. The van der Waals surface area contributed by atoms with Gasteiger partial charge in [-0.1, -0.05) is 42.5 Å². The van der Waals surface area contributed by atoms with Crippen LogP contribution in [-0.2, 0) is 6.61 Å². The van der Waals surface area contributed by atoms with Crippen LogP contribution < -0.4 is 20.5 Å². The number of nitrogens with one attached hydrogen (secondary N) is 2. The Bertz CT molecular complexity index is 1040. The van der Waals surface area contributed by atoms with Crippen molar-refractivity contribution in [2.45, 2.75) is 6.61 Å². The van der Waals surface area contributed by atoms with Crippen LogP contribution in [-0.4, -0.2) is 17.0 Å². The average Bonchev–Trinajstić information content (AvgIpc) is 2.73. The van der Waals surface area contributed by atoms with Crippen molar-refractivity contribution in [1.29, 1.82) is 0 Å². The fourth-order valence-electron chi connectivity index (χ4n) is 2.55. The number of hydrogen-bond acceptors (Lipinski definition) is 5. The number of carbonyl (C=O) groups excluding carboxylic acids is 2. The van der Waals surface area contributed by atoms with E-state index in [0.29, 0.717) is 17.9 Å². The Hall–Kier alpha value is -3.71. The number of hydrogen-bond donors (Lipinski definition) is 2. The highest BCUT2D eigenvalue weighted by molar-refractivity contribution is 7.80. The van der Waals surface area contributed by atoms with Crippen molar-refractivity contribution in [2.75, 3.05) is 5.32 Å². The van der Waals surface area contributed by atoms with Gasteiger partial charge in [0.1, 0.15) is 12.4 Å². The second-order valence-electron chi connectivity index (χ2n) is 6.08. The van der Waals surface area contributed by atoms with Gasteiger partial charge in [-0.15, -0.1) is 0 Å². The molecule has 3 aromatic carbocycles. The van der Waals surface area contributed by atoms with Gasteiger partial charge in [0.05, 0.1) is 5.97 Å². The summed E-state index contributed by atoms with van der Waals surface area (Å²) in [5, 5.41) is 16.3. The lowest BCUT2D eigenvalue weighted by Gasteiger charge is -2.12. The summed E-state index contributed by atoms with van der Waals surface area (Å²) in [6, 6.07) is 22.4. The quantitative estimate of drug-likeness (QED) is 0.613. The molecule has 7 heteroatoms. The number of amides is 1. The molecule has 146 valence electrons. The molecule has 0 aliphatic carbocycles. The maximum Gasteiger partial charge on any atom is 0.257 e. The summed E-state index contributed by atoms with van der Waals surface area (Å²) < 4.78 is 5.69. The number of aromatic carboxylic acids is 1. The summed E-state index contributed by atoms with van der Waals surface area (Å²) >= 11 is 5.14. The van der Waals surface area contributed by atoms with Crippen molar-refractivity contribution in [1.82, 2.24) is 5.32 Å². The Labute approximate surface area is 173 Å². The Morgan fingerprint density at radius 2 is 1.62 bits per heavy atom. The number of carboxylic acids is 1. The number of carbonyl (C=O) groups is 2. The van der Waals surface area contributed by atoms with Gasteiger partial charge in [-0.25, -0.2) is 0 Å². The number of rotatable bonds is 6. The van der Waals surface area contributed by atoms with Gasteiger partial charge in [0.2, 0.25) is 0 Å². The first-order valence-electron chi connectivity index (χ1n) is 8.72. The van der Waals surface area contributed by atoms with Crippen molar-refractivity contribution in [3.63, 3.8) is 0 Å². The third kappa shape index (κ3) is 5.88. The molecule has 0 saturated carbocycles. The highest BCUT2D eigenvalue weighted by Crippen LogP contribution is 2.13. The van der Waals surface area contributed by atoms with E-state index in [1.54, 1.807) is 30.3 Å². The molecule has 0 radical (unpaired) electrons. The largest absolute Gasteiger partial charge is 0.545 e. The zero-order valence-corrected chi connectivity index (χ0v) is 16.1. The van der Waals surface area contributed by atoms with Gasteiger partial charge in [-0.2, -0.15) is 0 Å². The number of anilines is 1. The lowest BCUT2D eigenvalue weighted by atomic mass is 10.1. The van der Waals surface area contributed by atoms with Gasteiger partial charge < -0.3 is 20.0 Å². The molecule has 3 aromatic rings. The Balaban J connectivity index is 1.59. The minimum atomic E-state index is -1.29. The van der Waals surface area contributed by atoms with Crippen molar-refractivity contribution in [2.24, 2.45) is 0 Å². The first-order chi connectivity index (χ1) is 14.0. The highest BCUT2D eigenvalue weighted by Gasteiger charge is 2.09. The number of benzene rings is 3. The third-order valence-corrected chi connectivity index (χ3v) is 4.13. The molecule has 1 amide bonds. The summed E-state index contributed by atoms with van der Waals surface area (Å²) in [5.74, 6) is -0.940. The van der Waals surface area contributed by atoms with E-state index in [1.165, 1.54) is 12.1 Å². The summed E-state index contributed by atoms with van der Waals surface area (Å²) in [6.07, 6.45) is 0. The summed E-state index contributed by atoms with van der Waals surface area (Å²) in [7, 11) is 0. The molecular formula is C22H17N2O4S-. The lowest BCUT2D eigenvalue weighted by molar-refractivity contribution is -0.255. The maximum absolute atomic E-state index is 12.5. The third-order valence-electron chi connectivity index (χ3n) is 3.92. The molecule has 0 heterocycles. The zero-order chi connectivity index (χ0) is 20.6. The fourth-order valence-corrected chi connectivity index (χ4v) is 2.76.